The van der Waals surface area contributed by atoms with E-state index in [1.54, 1.807) is 18.3 Å². The fraction of sp³-hybridized carbons (Fsp3) is 0.312. The fourth-order valence-electron chi connectivity index (χ4n) is 2.45. The molecule has 0 atom stereocenters. The highest BCUT2D eigenvalue weighted by molar-refractivity contribution is 5.57. The number of hydrogen-bond donors (Lipinski definition) is 1. The monoisotopic (exact) mass is 303 g/mol. The molecule has 1 aromatic carbocycles. The quantitative estimate of drug-likeness (QED) is 0.940. The van der Waals surface area contributed by atoms with Gasteiger partial charge in [-0.3, -0.25) is 0 Å². The largest absolute Gasteiger partial charge is 0.493 e. The van der Waals surface area contributed by atoms with Gasteiger partial charge in [-0.05, 0) is 24.3 Å². The van der Waals surface area contributed by atoms with Crippen molar-refractivity contribution in [2.45, 2.75) is 0 Å². The first-order valence-corrected chi connectivity index (χ1v) is 7.20. The number of benzene rings is 1. The van der Waals surface area contributed by atoms with E-state index in [2.05, 4.69) is 15.2 Å². The smallest absolute Gasteiger partial charge is 0.243 e. The fourth-order valence-corrected chi connectivity index (χ4v) is 2.45. The zero-order valence-corrected chi connectivity index (χ0v) is 12.4. The number of nitrogens with one attached hydrogen (secondary N) is 1. The van der Waals surface area contributed by atoms with Crippen molar-refractivity contribution in [1.82, 2.24) is 10.3 Å². The van der Waals surface area contributed by atoms with Crippen LogP contribution in [0.2, 0.25) is 0 Å². The maximum Gasteiger partial charge on any atom is 0.243 e. The van der Waals surface area contributed by atoms with E-state index in [4.69, 9.17) is 9.47 Å². The summed E-state index contributed by atoms with van der Waals surface area (Å²) in [7, 11) is 1.48. The van der Waals surface area contributed by atoms with E-state index in [-0.39, 0.29) is 5.75 Å². The number of pyridine rings is 1. The molecule has 1 aliphatic heterocycles. The predicted molar refractivity (Wildman–Crippen MR) is 82.3 cm³/mol. The molecule has 1 aromatic heterocycles. The lowest BCUT2D eigenvalue weighted by atomic mass is 10.3. The van der Waals surface area contributed by atoms with Crippen molar-refractivity contribution in [2.75, 3.05) is 38.2 Å². The summed E-state index contributed by atoms with van der Waals surface area (Å²) in [4.78, 5) is 6.43. The second-order valence-electron chi connectivity index (χ2n) is 4.94. The summed E-state index contributed by atoms with van der Waals surface area (Å²) in [5.41, 5.74) is 0.856. The topological polar surface area (TPSA) is 46.6 Å². The van der Waals surface area contributed by atoms with Gasteiger partial charge in [0, 0.05) is 32.4 Å². The number of halogens is 1. The number of anilines is 1. The molecule has 116 valence electrons. The van der Waals surface area contributed by atoms with E-state index in [1.165, 1.54) is 13.2 Å². The molecule has 0 unspecified atom stereocenters. The van der Waals surface area contributed by atoms with Gasteiger partial charge in [-0.25, -0.2) is 9.37 Å². The van der Waals surface area contributed by atoms with Crippen molar-refractivity contribution in [3.05, 3.63) is 42.3 Å². The number of nitrogens with zero attached hydrogens (tertiary/aromatic N) is 2. The average Bonchev–Trinajstić information content (AvgIpc) is 2.58. The van der Waals surface area contributed by atoms with Gasteiger partial charge in [0.2, 0.25) is 11.6 Å². The van der Waals surface area contributed by atoms with Crippen LogP contribution in [-0.4, -0.2) is 38.3 Å². The number of para-hydroxylation sites is 1. The summed E-state index contributed by atoms with van der Waals surface area (Å²) in [5.74, 6) is 0.307. The van der Waals surface area contributed by atoms with Gasteiger partial charge in [0.1, 0.15) is 5.69 Å². The molecule has 5 nitrogen and oxygen atoms in total. The van der Waals surface area contributed by atoms with Gasteiger partial charge in [-0.15, -0.1) is 0 Å². The number of methoxy groups -OCH3 is 1. The van der Waals surface area contributed by atoms with E-state index in [0.717, 1.165) is 31.9 Å². The summed E-state index contributed by atoms with van der Waals surface area (Å²) >= 11 is 0. The van der Waals surface area contributed by atoms with E-state index in [9.17, 15) is 4.39 Å². The molecule has 1 fully saturated rings. The summed E-state index contributed by atoms with van der Waals surface area (Å²) in [6, 6.07) is 8.36. The SMILES string of the molecule is COc1cccc(F)c1Oc1ncccc1N1CCNCC1. The highest BCUT2D eigenvalue weighted by Gasteiger charge is 2.19. The zero-order valence-electron chi connectivity index (χ0n) is 12.4. The maximum absolute atomic E-state index is 14.0. The van der Waals surface area contributed by atoms with Crippen LogP contribution in [0.5, 0.6) is 17.4 Å². The van der Waals surface area contributed by atoms with E-state index >= 15 is 0 Å². The molecule has 1 saturated heterocycles. The Labute approximate surface area is 128 Å². The van der Waals surface area contributed by atoms with Crippen molar-refractivity contribution in [1.29, 1.82) is 0 Å². The minimum atomic E-state index is -0.476. The third-order valence-corrected chi connectivity index (χ3v) is 3.56. The Bertz CT molecular complexity index is 645. The summed E-state index contributed by atoms with van der Waals surface area (Å²) in [6.45, 7) is 3.52. The Morgan fingerprint density at radius 2 is 2.00 bits per heavy atom. The number of rotatable bonds is 4. The van der Waals surface area contributed by atoms with Gasteiger partial charge in [0.25, 0.3) is 0 Å². The molecule has 0 aliphatic carbocycles. The van der Waals surface area contributed by atoms with Crippen LogP contribution in [0, 0.1) is 5.82 Å². The van der Waals surface area contributed by atoms with Crippen LogP contribution in [0.1, 0.15) is 0 Å². The van der Waals surface area contributed by atoms with Gasteiger partial charge in [0.05, 0.1) is 7.11 Å². The molecular weight excluding hydrogens is 285 g/mol. The molecule has 0 radical (unpaired) electrons. The normalized spacial score (nSPS) is 14.7. The van der Waals surface area contributed by atoms with Gasteiger partial charge in [-0.2, -0.15) is 0 Å². The Morgan fingerprint density at radius 3 is 2.77 bits per heavy atom. The first-order valence-electron chi connectivity index (χ1n) is 7.20. The molecule has 2 heterocycles. The molecule has 0 bridgehead atoms. The molecular formula is C16H18FN3O2. The molecule has 1 aliphatic rings. The first-order chi connectivity index (χ1) is 10.8. The van der Waals surface area contributed by atoms with Gasteiger partial charge in [0.15, 0.2) is 11.6 Å². The summed E-state index contributed by atoms with van der Waals surface area (Å²) in [6.07, 6.45) is 1.63. The molecule has 3 rings (SSSR count). The third-order valence-electron chi connectivity index (χ3n) is 3.56. The van der Waals surface area contributed by atoms with Crippen LogP contribution in [-0.2, 0) is 0 Å². The lowest BCUT2D eigenvalue weighted by Gasteiger charge is -2.30. The molecule has 0 amide bonds. The standard InChI is InChI=1S/C16H18FN3O2/c1-21-14-6-2-4-12(17)15(14)22-16-13(5-3-7-19-16)20-10-8-18-9-11-20/h2-7,18H,8-11H2,1H3. The average molecular weight is 303 g/mol. The van der Waals surface area contributed by atoms with E-state index < -0.39 is 5.82 Å². The second-order valence-corrected chi connectivity index (χ2v) is 4.94. The Hall–Kier alpha value is -2.34. The molecule has 22 heavy (non-hydrogen) atoms. The molecule has 1 N–H and O–H groups in total. The summed E-state index contributed by atoms with van der Waals surface area (Å²) < 4.78 is 25.0. The van der Waals surface area contributed by atoms with E-state index in [0.29, 0.717) is 11.6 Å². The molecule has 6 heteroatoms. The van der Waals surface area contributed by atoms with Crippen LogP contribution in [0.25, 0.3) is 0 Å². The van der Waals surface area contributed by atoms with Crippen LogP contribution < -0.4 is 19.7 Å². The van der Waals surface area contributed by atoms with Gasteiger partial charge >= 0.3 is 0 Å². The Kier molecular flexibility index (Phi) is 4.39. The number of hydrogen-bond acceptors (Lipinski definition) is 5. The molecule has 0 spiro atoms. The van der Waals surface area contributed by atoms with Crippen LogP contribution in [0.15, 0.2) is 36.5 Å². The zero-order chi connectivity index (χ0) is 15.4. The molecule has 2 aromatic rings. The van der Waals surface area contributed by atoms with Gasteiger partial charge < -0.3 is 19.7 Å². The number of piperazine rings is 1. The van der Waals surface area contributed by atoms with Crippen LogP contribution in [0.3, 0.4) is 0 Å². The van der Waals surface area contributed by atoms with E-state index in [1.807, 2.05) is 12.1 Å². The minimum absolute atomic E-state index is 0.0556. The Balaban J connectivity index is 1.93. The minimum Gasteiger partial charge on any atom is -0.493 e. The predicted octanol–water partition coefficient (Wildman–Crippen LogP) is 2.43. The lowest BCUT2D eigenvalue weighted by molar-refractivity contribution is 0.358. The summed E-state index contributed by atoms with van der Waals surface area (Å²) in [5, 5.41) is 3.30. The highest BCUT2D eigenvalue weighted by atomic mass is 19.1. The Morgan fingerprint density at radius 1 is 1.18 bits per heavy atom. The van der Waals surface area contributed by atoms with Crippen molar-refractivity contribution >= 4 is 5.69 Å². The van der Waals surface area contributed by atoms with Crippen molar-refractivity contribution in [3.63, 3.8) is 0 Å². The maximum atomic E-state index is 14.0. The van der Waals surface area contributed by atoms with Crippen LogP contribution in [0.4, 0.5) is 10.1 Å². The first kappa shape index (κ1) is 14.6. The number of ether oxygens (including phenoxy) is 2. The third kappa shape index (κ3) is 2.96. The second kappa shape index (κ2) is 6.62. The van der Waals surface area contributed by atoms with Crippen molar-refractivity contribution in [3.8, 4) is 17.4 Å². The van der Waals surface area contributed by atoms with Crippen molar-refractivity contribution < 1.29 is 13.9 Å². The lowest BCUT2D eigenvalue weighted by Crippen LogP contribution is -2.43. The highest BCUT2D eigenvalue weighted by Crippen LogP contribution is 2.36. The van der Waals surface area contributed by atoms with Gasteiger partial charge in [-0.1, -0.05) is 6.07 Å². The number of aromatic nitrogens is 1. The molecule has 0 saturated carbocycles. The van der Waals surface area contributed by atoms with Crippen molar-refractivity contribution in [2.24, 2.45) is 0 Å². The van der Waals surface area contributed by atoms with Crippen LogP contribution >= 0.6 is 0 Å².